The summed E-state index contributed by atoms with van der Waals surface area (Å²) >= 11 is 0. The van der Waals surface area contributed by atoms with E-state index in [4.69, 9.17) is 4.74 Å². The average molecular weight is 356 g/mol. The summed E-state index contributed by atoms with van der Waals surface area (Å²) in [5.74, 6) is -0.438. The molecule has 0 saturated carbocycles. The standard InChI is InChI=1S/C20H17FO3S/c1-12-18(10-14-4-7-16(8-5-14)25(3)23)17-9-6-15(21)11-19(17)20(12)24-13(2)22/h4-11H,1-3H3/b18-10+. The minimum Gasteiger partial charge on any atom is -0.426 e. The third-order valence-corrected chi connectivity index (χ3v) is 4.97. The van der Waals surface area contributed by atoms with Crippen LogP contribution in [0, 0.1) is 5.82 Å². The number of carbonyl (C=O) groups excluding carboxylic acids is 1. The lowest BCUT2D eigenvalue weighted by atomic mass is 10.0. The van der Waals surface area contributed by atoms with Crippen LogP contribution >= 0.6 is 0 Å². The predicted molar refractivity (Wildman–Crippen MR) is 97.4 cm³/mol. The van der Waals surface area contributed by atoms with Gasteiger partial charge in [0, 0.05) is 40.0 Å². The Hall–Kier alpha value is -2.53. The highest BCUT2D eigenvalue weighted by Gasteiger charge is 2.26. The Morgan fingerprint density at radius 2 is 1.80 bits per heavy atom. The summed E-state index contributed by atoms with van der Waals surface area (Å²) in [5, 5.41) is 0. The molecule has 2 aromatic rings. The van der Waals surface area contributed by atoms with E-state index >= 15 is 0 Å². The number of carbonyl (C=O) groups is 1. The number of halogens is 1. The second kappa shape index (κ2) is 6.76. The quantitative estimate of drug-likeness (QED) is 0.765. The van der Waals surface area contributed by atoms with Gasteiger partial charge in [0.25, 0.3) is 0 Å². The van der Waals surface area contributed by atoms with E-state index in [1.807, 2.05) is 37.3 Å². The third-order valence-electron chi connectivity index (χ3n) is 4.03. The van der Waals surface area contributed by atoms with E-state index in [2.05, 4.69) is 0 Å². The first-order valence-electron chi connectivity index (χ1n) is 7.72. The van der Waals surface area contributed by atoms with Crippen LogP contribution in [0.4, 0.5) is 4.39 Å². The Morgan fingerprint density at radius 1 is 1.12 bits per heavy atom. The fourth-order valence-electron chi connectivity index (χ4n) is 2.85. The normalized spacial score (nSPS) is 16.1. The van der Waals surface area contributed by atoms with Crippen LogP contribution < -0.4 is 0 Å². The molecule has 3 rings (SSSR count). The zero-order valence-electron chi connectivity index (χ0n) is 14.1. The van der Waals surface area contributed by atoms with Crippen LogP contribution in [0.1, 0.15) is 30.5 Å². The van der Waals surface area contributed by atoms with Crippen molar-refractivity contribution in [1.29, 1.82) is 0 Å². The second-order valence-electron chi connectivity index (χ2n) is 5.82. The average Bonchev–Trinajstić information content (AvgIpc) is 2.80. The summed E-state index contributed by atoms with van der Waals surface area (Å²) in [5.41, 5.74) is 3.96. The molecule has 128 valence electrons. The van der Waals surface area contributed by atoms with Crippen LogP contribution in [0.15, 0.2) is 52.9 Å². The molecule has 0 amide bonds. The second-order valence-corrected chi connectivity index (χ2v) is 7.20. The zero-order valence-corrected chi connectivity index (χ0v) is 14.9. The molecule has 1 aliphatic carbocycles. The molecule has 5 heteroatoms. The van der Waals surface area contributed by atoms with E-state index in [0.29, 0.717) is 11.3 Å². The van der Waals surface area contributed by atoms with Gasteiger partial charge in [-0.1, -0.05) is 18.2 Å². The maximum Gasteiger partial charge on any atom is 0.308 e. The molecule has 0 aromatic heterocycles. The van der Waals surface area contributed by atoms with Crippen molar-refractivity contribution in [2.75, 3.05) is 6.26 Å². The van der Waals surface area contributed by atoms with Gasteiger partial charge in [0.15, 0.2) is 0 Å². The van der Waals surface area contributed by atoms with Gasteiger partial charge >= 0.3 is 5.97 Å². The van der Waals surface area contributed by atoms with Crippen molar-refractivity contribution in [3.8, 4) is 0 Å². The molecule has 25 heavy (non-hydrogen) atoms. The molecule has 0 radical (unpaired) electrons. The summed E-state index contributed by atoms with van der Waals surface area (Å²) in [7, 11) is -1.03. The monoisotopic (exact) mass is 356 g/mol. The van der Waals surface area contributed by atoms with Crippen molar-refractivity contribution < 1.29 is 18.1 Å². The van der Waals surface area contributed by atoms with E-state index in [9.17, 15) is 13.4 Å². The maximum atomic E-state index is 13.7. The number of benzene rings is 2. The van der Waals surface area contributed by atoms with Crippen molar-refractivity contribution in [3.05, 3.63) is 70.5 Å². The highest BCUT2D eigenvalue weighted by atomic mass is 32.2. The van der Waals surface area contributed by atoms with Gasteiger partial charge in [-0.3, -0.25) is 9.00 Å². The van der Waals surface area contributed by atoms with Crippen molar-refractivity contribution in [3.63, 3.8) is 0 Å². The Balaban J connectivity index is 2.10. The first-order chi connectivity index (χ1) is 11.9. The molecule has 0 N–H and O–H groups in total. The Morgan fingerprint density at radius 3 is 2.40 bits per heavy atom. The zero-order chi connectivity index (χ0) is 18.1. The Bertz CT molecular complexity index is 940. The number of esters is 1. The maximum absolute atomic E-state index is 13.7. The van der Waals surface area contributed by atoms with E-state index in [-0.39, 0.29) is 5.82 Å². The largest absolute Gasteiger partial charge is 0.426 e. The molecule has 1 atom stereocenters. The molecule has 0 spiro atoms. The summed E-state index contributed by atoms with van der Waals surface area (Å²) in [4.78, 5) is 12.2. The molecule has 0 saturated heterocycles. The molecular weight excluding hydrogens is 339 g/mol. The minimum atomic E-state index is -1.03. The van der Waals surface area contributed by atoms with E-state index in [1.54, 1.807) is 12.3 Å². The van der Waals surface area contributed by atoms with Gasteiger partial charge in [-0.2, -0.15) is 0 Å². The summed E-state index contributed by atoms with van der Waals surface area (Å²) < 4.78 is 30.5. The lowest BCUT2D eigenvalue weighted by Crippen LogP contribution is -1.98. The third kappa shape index (κ3) is 3.46. The molecular formula is C20H17FO3S. The molecule has 0 aliphatic heterocycles. The van der Waals surface area contributed by atoms with Gasteiger partial charge in [0.2, 0.25) is 0 Å². The van der Waals surface area contributed by atoms with Crippen LogP contribution in [0.3, 0.4) is 0 Å². The lowest BCUT2D eigenvalue weighted by molar-refractivity contribution is -0.134. The molecule has 2 aromatic carbocycles. The number of allylic oxidation sites excluding steroid dienone is 2. The topological polar surface area (TPSA) is 43.4 Å². The summed E-state index contributed by atoms with van der Waals surface area (Å²) in [6.07, 6.45) is 3.58. The molecule has 0 bridgehead atoms. The smallest absolute Gasteiger partial charge is 0.308 e. The fourth-order valence-corrected chi connectivity index (χ4v) is 3.37. The number of hydrogen-bond donors (Lipinski definition) is 0. The predicted octanol–water partition coefficient (Wildman–Crippen LogP) is 4.41. The number of ether oxygens (including phenoxy) is 1. The molecule has 0 heterocycles. The fraction of sp³-hybridized carbons (Fsp3) is 0.150. The lowest BCUT2D eigenvalue weighted by Gasteiger charge is -2.05. The molecule has 3 nitrogen and oxygen atoms in total. The molecule has 1 unspecified atom stereocenters. The van der Waals surface area contributed by atoms with Crippen molar-refractivity contribution in [2.24, 2.45) is 0 Å². The van der Waals surface area contributed by atoms with Crippen LogP contribution in [-0.4, -0.2) is 16.4 Å². The van der Waals surface area contributed by atoms with Crippen molar-refractivity contribution in [1.82, 2.24) is 0 Å². The molecule has 1 aliphatic rings. The summed E-state index contributed by atoms with van der Waals surface area (Å²) in [6, 6.07) is 11.8. The van der Waals surface area contributed by atoms with E-state index in [0.717, 1.165) is 27.2 Å². The highest BCUT2D eigenvalue weighted by molar-refractivity contribution is 7.84. The van der Waals surface area contributed by atoms with Crippen LogP contribution in [0.25, 0.3) is 17.4 Å². The number of fused-ring (bicyclic) bond motifs is 1. The van der Waals surface area contributed by atoms with E-state index in [1.165, 1.54) is 19.1 Å². The van der Waals surface area contributed by atoms with Gasteiger partial charge in [0.1, 0.15) is 11.6 Å². The van der Waals surface area contributed by atoms with Crippen molar-refractivity contribution >= 4 is 34.2 Å². The van der Waals surface area contributed by atoms with Gasteiger partial charge in [0.05, 0.1) is 0 Å². The summed E-state index contributed by atoms with van der Waals surface area (Å²) in [6.45, 7) is 3.17. The van der Waals surface area contributed by atoms with Gasteiger partial charge < -0.3 is 4.74 Å². The van der Waals surface area contributed by atoms with Crippen LogP contribution in [0.5, 0.6) is 0 Å². The van der Waals surface area contributed by atoms with E-state index < -0.39 is 16.8 Å². The molecule has 0 fully saturated rings. The van der Waals surface area contributed by atoms with Crippen LogP contribution in [-0.2, 0) is 20.3 Å². The number of rotatable bonds is 3. The minimum absolute atomic E-state index is 0.382. The highest BCUT2D eigenvalue weighted by Crippen LogP contribution is 2.42. The first-order valence-corrected chi connectivity index (χ1v) is 9.28. The Labute approximate surface area is 148 Å². The van der Waals surface area contributed by atoms with Crippen LogP contribution in [0.2, 0.25) is 0 Å². The van der Waals surface area contributed by atoms with Gasteiger partial charge in [-0.15, -0.1) is 0 Å². The van der Waals surface area contributed by atoms with Gasteiger partial charge in [-0.05, 0) is 54.0 Å². The first kappa shape index (κ1) is 17.3. The Kier molecular flexibility index (Phi) is 4.68. The van der Waals surface area contributed by atoms with Crippen molar-refractivity contribution in [2.45, 2.75) is 18.7 Å². The van der Waals surface area contributed by atoms with Gasteiger partial charge in [-0.25, -0.2) is 4.39 Å². The number of hydrogen-bond acceptors (Lipinski definition) is 3. The SMILES string of the molecule is CC(=O)OC1=C(C)/C(=C\c2ccc(S(C)=O)cc2)c2ccc(F)cc21.